The number of aromatic nitrogens is 1. The van der Waals surface area contributed by atoms with Gasteiger partial charge in [-0.3, -0.25) is 4.98 Å². The number of hydrogen-bond donors (Lipinski definition) is 1. The minimum atomic E-state index is -3.84. The summed E-state index contributed by atoms with van der Waals surface area (Å²) in [4.78, 5) is 3.53. The van der Waals surface area contributed by atoms with E-state index in [4.69, 9.17) is 0 Å². The number of sulfonamides is 1. The molecule has 7 heteroatoms. The molecule has 1 aromatic carbocycles. The summed E-state index contributed by atoms with van der Waals surface area (Å²) < 4.78 is 40.5. The predicted molar refractivity (Wildman–Crippen MR) is 77.2 cm³/mol. The molecular weight excluding hydrogens is 347 g/mol. The fraction of sp³-hybridized carbons (Fsp3) is 0.154. The van der Waals surface area contributed by atoms with Gasteiger partial charge in [-0.25, -0.2) is 17.5 Å². The van der Waals surface area contributed by atoms with Gasteiger partial charge in [0.25, 0.3) is 0 Å². The van der Waals surface area contributed by atoms with E-state index in [1.807, 2.05) is 0 Å². The zero-order chi connectivity index (χ0) is 14.6. The third-order valence-electron chi connectivity index (χ3n) is 2.64. The SMILES string of the molecule is O=S(=O)(NCCc1ccncc1)c1ccc(Br)cc1F. The average Bonchev–Trinajstić information content (AvgIpc) is 2.39. The van der Waals surface area contributed by atoms with Crippen LogP contribution in [0.5, 0.6) is 0 Å². The van der Waals surface area contributed by atoms with Crippen molar-refractivity contribution in [3.05, 3.63) is 58.6 Å². The summed E-state index contributed by atoms with van der Waals surface area (Å²) in [6.07, 6.45) is 3.79. The highest BCUT2D eigenvalue weighted by Gasteiger charge is 2.18. The van der Waals surface area contributed by atoms with Gasteiger partial charge in [0.1, 0.15) is 10.7 Å². The highest BCUT2D eigenvalue weighted by Crippen LogP contribution is 2.19. The molecule has 2 aromatic rings. The van der Waals surface area contributed by atoms with E-state index in [-0.39, 0.29) is 11.4 Å². The summed E-state index contributed by atoms with van der Waals surface area (Å²) in [6.45, 7) is 0.196. The van der Waals surface area contributed by atoms with E-state index in [1.54, 1.807) is 24.5 Å². The van der Waals surface area contributed by atoms with E-state index >= 15 is 0 Å². The summed E-state index contributed by atoms with van der Waals surface area (Å²) in [5, 5.41) is 0. The molecule has 0 saturated carbocycles. The van der Waals surface area contributed by atoms with Crippen molar-refractivity contribution >= 4 is 26.0 Å². The molecule has 0 fully saturated rings. The lowest BCUT2D eigenvalue weighted by Gasteiger charge is -2.08. The van der Waals surface area contributed by atoms with Crippen molar-refractivity contribution in [3.8, 4) is 0 Å². The monoisotopic (exact) mass is 358 g/mol. The molecule has 1 heterocycles. The minimum Gasteiger partial charge on any atom is -0.265 e. The van der Waals surface area contributed by atoms with Crippen molar-refractivity contribution < 1.29 is 12.8 Å². The van der Waals surface area contributed by atoms with Crippen LogP contribution in [0.25, 0.3) is 0 Å². The second-order valence-corrected chi connectivity index (χ2v) is 6.73. The topological polar surface area (TPSA) is 59.1 Å². The van der Waals surface area contributed by atoms with Gasteiger partial charge in [-0.2, -0.15) is 0 Å². The molecule has 2 rings (SSSR count). The van der Waals surface area contributed by atoms with Crippen molar-refractivity contribution in [1.29, 1.82) is 0 Å². The third kappa shape index (κ3) is 3.84. The molecule has 0 aliphatic rings. The largest absolute Gasteiger partial charge is 0.265 e. The van der Waals surface area contributed by atoms with Crippen LogP contribution in [0.1, 0.15) is 5.56 Å². The summed E-state index contributed by atoms with van der Waals surface area (Å²) >= 11 is 3.09. The van der Waals surface area contributed by atoms with Gasteiger partial charge < -0.3 is 0 Å². The van der Waals surface area contributed by atoms with Crippen LogP contribution in [0, 0.1) is 5.82 Å². The fourth-order valence-electron chi connectivity index (χ4n) is 1.65. The lowest BCUT2D eigenvalue weighted by Crippen LogP contribution is -2.26. The Balaban J connectivity index is 2.04. The molecule has 0 aliphatic carbocycles. The molecule has 0 radical (unpaired) electrons. The minimum absolute atomic E-state index is 0.196. The summed E-state index contributed by atoms with van der Waals surface area (Å²) in [5.41, 5.74) is 0.957. The van der Waals surface area contributed by atoms with Crippen LogP contribution < -0.4 is 4.72 Å². The van der Waals surface area contributed by atoms with Crippen molar-refractivity contribution in [2.45, 2.75) is 11.3 Å². The zero-order valence-electron chi connectivity index (χ0n) is 10.4. The van der Waals surface area contributed by atoms with Gasteiger partial charge in [-0.15, -0.1) is 0 Å². The molecule has 1 aromatic heterocycles. The first-order valence-electron chi connectivity index (χ1n) is 5.83. The van der Waals surface area contributed by atoms with E-state index in [9.17, 15) is 12.8 Å². The van der Waals surface area contributed by atoms with Crippen LogP contribution in [0.2, 0.25) is 0 Å². The van der Waals surface area contributed by atoms with Crippen molar-refractivity contribution in [2.75, 3.05) is 6.54 Å². The lowest BCUT2D eigenvalue weighted by atomic mass is 10.2. The molecule has 4 nitrogen and oxygen atoms in total. The second-order valence-electron chi connectivity index (χ2n) is 4.08. The smallest absolute Gasteiger partial charge is 0.243 e. The predicted octanol–water partition coefficient (Wildman–Crippen LogP) is 2.50. The average molecular weight is 359 g/mol. The Morgan fingerprint density at radius 1 is 1.20 bits per heavy atom. The number of hydrogen-bond acceptors (Lipinski definition) is 3. The molecule has 0 aliphatic heterocycles. The Labute approximate surface area is 125 Å². The number of pyridine rings is 1. The van der Waals surface area contributed by atoms with E-state index < -0.39 is 15.8 Å². The molecular formula is C13H12BrFN2O2S. The summed E-state index contributed by atoms with van der Waals surface area (Å²) in [5.74, 6) is -0.782. The van der Waals surface area contributed by atoms with Gasteiger partial charge in [-0.1, -0.05) is 15.9 Å². The maximum Gasteiger partial charge on any atom is 0.243 e. The Hall–Kier alpha value is -1.31. The Kier molecular flexibility index (Phi) is 4.85. The van der Waals surface area contributed by atoms with E-state index in [1.165, 1.54) is 12.1 Å². The van der Waals surface area contributed by atoms with Gasteiger partial charge >= 0.3 is 0 Å². The summed E-state index contributed by atoms with van der Waals surface area (Å²) in [7, 11) is -3.84. The number of nitrogens with zero attached hydrogens (tertiary/aromatic N) is 1. The van der Waals surface area contributed by atoms with E-state index in [2.05, 4.69) is 25.6 Å². The van der Waals surface area contributed by atoms with Crippen LogP contribution in [-0.2, 0) is 16.4 Å². The molecule has 106 valence electrons. The van der Waals surface area contributed by atoms with Crippen molar-refractivity contribution in [2.24, 2.45) is 0 Å². The first kappa shape index (κ1) is 15.1. The zero-order valence-corrected chi connectivity index (χ0v) is 12.8. The highest BCUT2D eigenvalue weighted by molar-refractivity contribution is 9.10. The van der Waals surface area contributed by atoms with Gasteiger partial charge in [0.05, 0.1) is 0 Å². The van der Waals surface area contributed by atoms with Gasteiger partial charge in [0.2, 0.25) is 10.0 Å². The molecule has 0 atom stereocenters. The Morgan fingerprint density at radius 3 is 2.55 bits per heavy atom. The molecule has 0 amide bonds. The quantitative estimate of drug-likeness (QED) is 0.893. The van der Waals surface area contributed by atoms with Crippen molar-refractivity contribution in [1.82, 2.24) is 9.71 Å². The maximum atomic E-state index is 13.6. The van der Waals surface area contributed by atoms with Crippen molar-refractivity contribution in [3.63, 3.8) is 0 Å². The van der Waals surface area contributed by atoms with Gasteiger partial charge in [0.15, 0.2) is 0 Å². The van der Waals surface area contributed by atoms with Crippen LogP contribution >= 0.6 is 15.9 Å². The maximum absolute atomic E-state index is 13.6. The van der Waals surface area contributed by atoms with Crippen LogP contribution in [0.15, 0.2) is 52.1 Å². The number of benzene rings is 1. The Bertz CT molecular complexity index is 693. The molecule has 0 unspecified atom stereocenters. The number of halogens is 2. The van der Waals surface area contributed by atoms with E-state index in [0.29, 0.717) is 10.9 Å². The summed E-state index contributed by atoms with van der Waals surface area (Å²) in [6, 6.07) is 7.44. The van der Waals surface area contributed by atoms with Crippen LogP contribution in [-0.4, -0.2) is 19.9 Å². The fourth-order valence-corrected chi connectivity index (χ4v) is 3.07. The molecule has 20 heavy (non-hydrogen) atoms. The number of nitrogens with one attached hydrogen (secondary N) is 1. The van der Waals surface area contributed by atoms with Gasteiger partial charge in [-0.05, 0) is 42.3 Å². The first-order valence-corrected chi connectivity index (χ1v) is 8.10. The lowest BCUT2D eigenvalue weighted by molar-refractivity contribution is 0.556. The van der Waals surface area contributed by atoms with Crippen LogP contribution in [0.4, 0.5) is 4.39 Å². The van der Waals surface area contributed by atoms with E-state index in [0.717, 1.165) is 11.6 Å². The molecule has 1 N–H and O–H groups in total. The molecule has 0 bridgehead atoms. The van der Waals surface area contributed by atoms with Crippen LogP contribution in [0.3, 0.4) is 0 Å². The highest BCUT2D eigenvalue weighted by atomic mass is 79.9. The normalized spacial score (nSPS) is 11.5. The Morgan fingerprint density at radius 2 is 1.90 bits per heavy atom. The molecule has 0 spiro atoms. The number of rotatable bonds is 5. The standard InChI is InChI=1S/C13H12BrFN2O2S/c14-11-1-2-13(12(15)9-11)20(18,19)17-8-5-10-3-6-16-7-4-10/h1-4,6-7,9,17H,5,8H2. The molecule has 0 saturated heterocycles. The third-order valence-corrected chi connectivity index (χ3v) is 4.63. The second kappa shape index (κ2) is 6.43. The van der Waals surface area contributed by atoms with Gasteiger partial charge in [0, 0.05) is 23.4 Å². The first-order chi connectivity index (χ1) is 9.49.